The van der Waals surface area contributed by atoms with Crippen LogP contribution in [0.15, 0.2) is 48.5 Å². The summed E-state index contributed by atoms with van der Waals surface area (Å²) in [5.74, 6) is 2.41. The summed E-state index contributed by atoms with van der Waals surface area (Å²) in [5, 5.41) is 9.88. The monoisotopic (exact) mass is 363 g/mol. The van der Waals surface area contributed by atoms with Crippen LogP contribution < -0.4 is 0 Å². The number of rotatable bonds is 6. The van der Waals surface area contributed by atoms with Crippen LogP contribution in [0.4, 0.5) is 0 Å². The zero-order chi connectivity index (χ0) is 18.6. The van der Waals surface area contributed by atoms with Crippen LogP contribution >= 0.6 is 0 Å². The van der Waals surface area contributed by atoms with Crippen molar-refractivity contribution in [1.29, 1.82) is 0 Å². The Labute approximate surface area is 161 Å². The van der Waals surface area contributed by atoms with Crippen LogP contribution in [-0.2, 0) is 20.0 Å². The molecule has 3 aromatic rings. The van der Waals surface area contributed by atoms with Crippen LogP contribution in [0.2, 0.25) is 0 Å². The van der Waals surface area contributed by atoms with Gasteiger partial charge in [-0.1, -0.05) is 36.8 Å². The Morgan fingerprint density at radius 3 is 2.56 bits per heavy atom. The van der Waals surface area contributed by atoms with Gasteiger partial charge in [-0.3, -0.25) is 4.90 Å². The van der Waals surface area contributed by atoms with E-state index in [1.54, 1.807) is 6.07 Å². The van der Waals surface area contributed by atoms with Crippen molar-refractivity contribution in [2.24, 2.45) is 13.0 Å². The van der Waals surface area contributed by atoms with E-state index in [-0.39, 0.29) is 0 Å². The molecule has 1 fully saturated rings. The van der Waals surface area contributed by atoms with Crippen molar-refractivity contribution in [2.75, 3.05) is 13.1 Å². The Morgan fingerprint density at radius 2 is 1.78 bits per heavy atom. The van der Waals surface area contributed by atoms with E-state index in [1.165, 1.54) is 24.8 Å². The predicted molar refractivity (Wildman–Crippen MR) is 110 cm³/mol. The van der Waals surface area contributed by atoms with Gasteiger partial charge in [0.25, 0.3) is 0 Å². The highest BCUT2D eigenvalue weighted by molar-refractivity contribution is 5.75. The molecule has 0 unspecified atom stereocenters. The number of fused-ring (bicyclic) bond motifs is 1. The number of likely N-dealkylation sites (tertiary alicyclic amines) is 1. The first-order valence-electron chi connectivity index (χ1n) is 10.1. The van der Waals surface area contributed by atoms with Gasteiger partial charge in [-0.15, -0.1) is 0 Å². The third-order valence-electron chi connectivity index (χ3n) is 6.00. The quantitative estimate of drug-likeness (QED) is 0.700. The smallest absolute Gasteiger partial charge is 0.123 e. The standard InChI is InChI=1S/C23H29N3O/c1-25-21-11-4-3-10-20(21)24-23(25)17-26-15-13-18(14-16-26)7-6-9-19-8-2-5-12-22(19)27/h2-5,8,10-12,18,27H,6-7,9,13-17H2,1H3. The molecule has 0 radical (unpaired) electrons. The summed E-state index contributed by atoms with van der Waals surface area (Å²) >= 11 is 0. The molecule has 0 spiro atoms. The molecule has 2 aromatic carbocycles. The zero-order valence-corrected chi connectivity index (χ0v) is 16.1. The lowest BCUT2D eigenvalue weighted by Gasteiger charge is -2.31. The van der Waals surface area contributed by atoms with Gasteiger partial charge in [-0.2, -0.15) is 0 Å². The van der Waals surface area contributed by atoms with E-state index in [0.717, 1.165) is 55.3 Å². The van der Waals surface area contributed by atoms with Crippen molar-refractivity contribution in [3.63, 3.8) is 0 Å². The molecule has 4 nitrogen and oxygen atoms in total. The van der Waals surface area contributed by atoms with Crippen LogP contribution in [0.1, 0.15) is 37.1 Å². The zero-order valence-electron chi connectivity index (χ0n) is 16.1. The minimum absolute atomic E-state index is 0.440. The van der Waals surface area contributed by atoms with E-state index < -0.39 is 0 Å². The Kier molecular flexibility index (Phi) is 5.44. The average molecular weight is 364 g/mol. The van der Waals surface area contributed by atoms with Crippen molar-refractivity contribution < 1.29 is 5.11 Å². The first-order chi connectivity index (χ1) is 13.2. The number of hydrogen-bond donors (Lipinski definition) is 1. The number of hydrogen-bond acceptors (Lipinski definition) is 3. The number of benzene rings is 2. The van der Waals surface area contributed by atoms with E-state index in [0.29, 0.717) is 5.75 Å². The molecular formula is C23H29N3O. The van der Waals surface area contributed by atoms with Crippen LogP contribution in [-0.4, -0.2) is 32.6 Å². The van der Waals surface area contributed by atoms with E-state index in [1.807, 2.05) is 18.2 Å². The van der Waals surface area contributed by atoms with Crippen molar-refractivity contribution in [2.45, 2.75) is 38.6 Å². The molecule has 1 saturated heterocycles. The molecule has 142 valence electrons. The van der Waals surface area contributed by atoms with E-state index in [9.17, 15) is 5.11 Å². The number of nitrogens with zero attached hydrogens (tertiary/aromatic N) is 3. The molecule has 4 rings (SSSR count). The fourth-order valence-corrected chi connectivity index (χ4v) is 4.27. The summed E-state index contributed by atoms with van der Waals surface area (Å²) in [7, 11) is 2.12. The number of aromatic hydroxyl groups is 1. The molecular weight excluding hydrogens is 334 g/mol. The number of aromatic nitrogens is 2. The lowest BCUT2D eigenvalue weighted by Crippen LogP contribution is -2.34. The summed E-state index contributed by atoms with van der Waals surface area (Å²) in [4.78, 5) is 7.36. The van der Waals surface area contributed by atoms with Gasteiger partial charge in [-0.05, 0) is 68.5 Å². The third kappa shape index (κ3) is 4.16. The predicted octanol–water partition coefficient (Wildman–Crippen LogP) is 4.51. The molecule has 4 heteroatoms. The van der Waals surface area contributed by atoms with E-state index in [2.05, 4.69) is 40.8 Å². The second kappa shape index (κ2) is 8.13. The summed E-state index contributed by atoms with van der Waals surface area (Å²) in [6.45, 7) is 3.25. The van der Waals surface area contributed by atoms with Crippen LogP contribution in [0.25, 0.3) is 11.0 Å². The summed E-state index contributed by atoms with van der Waals surface area (Å²) in [6.07, 6.45) is 5.93. The third-order valence-corrected chi connectivity index (χ3v) is 6.00. The van der Waals surface area contributed by atoms with Crippen LogP contribution in [0.5, 0.6) is 5.75 Å². The normalized spacial score (nSPS) is 16.2. The van der Waals surface area contributed by atoms with Gasteiger partial charge in [0.15, 0.2) is 0 Å². The average Bonchev–Trinajstić information content (AvgIpc) is 3.01. The van der Waals surface area contributed by atoms with E-state index >= 15 is 0 Å². The van der Waals surface area contributed by atoms with Gasteiger partial charge >= 0.3 is 0 Å². The highest BCUT2D eigenvalue weighted by Crippen LogP contribution is 2.26. The van der Waals surface area contributed by atoms with Crippen LogP contribution in [0, 0.1) is 5.92 Å². The molecule has 1 aliphatic rings. The largest absolute Gasteiger partial charge is 0.508 e. The molecule has 1 aromatic heterocycles. The molecule has 0 bridgehead atoms. The fourth-order valence-electron chi connectivity index (χ4n) is 4.27. The lowest BCUT2D eigenvalue weighted by atomic mass is 9.90. The Hall–Kier alpha value is -2.33. The first-order valence-corrected chi connectivity index (χ1v) is 10.1. The minimum atomic E-state index is 0.440. The Morgan fingerprint density at radius 1 is 1.04 bits per heavy atom. The summed E-state index contributed by atoms with van der Waals surface area (Å²) in [6, 6.07) is 16.1. The second-order valence-corrected chi connectivity index (χ2v) is 7.82. The molecule has 1 N–H and O–H groups in total. The van der Waals surface area contributed by atoms with Crippen molar-refractivity contribution in [3.05, 3.63) is 59.9 Å². The maximum absolute atomic E-state index is 9.88. The Balaban J connectivity index is 1.25. The number of aryl methyl sites for hydroxylation is 2. The molecule has 27 heavy (non-hydrogen) atoms. The fraction of sp³-hybridized carbons (Fsp3) is 0.435. The van der Waals surface area contributed by atoms with E-state index in [4.69, 9.17) is 4.98 Å². The van der Waals surface area contributed by atoms with Crippen LogP contribution in [0.3, 0.4) is 0 Å². The van der Waals surface area contributed by atoms with Gasteiger partial charge < -0.3 is 9.67 Å². The number of phenols is 1. The molecule has 0 atom stereocenters. The second-order valence-electron chi connectivity index (χ2n) is 7.82. The summed E-state index contributed by atoms with van der Waals surface area (Å²) < 4.78 is 2.23. The maximum atomic E-state index is 9.88. The van der Waals surface area contributed by atoms with Gasteiger partial charge in [0.05, 0.1) is 17.6 Å². The topological polar surface area (TPSA) is 41.3 Å². The van der Waals surface area contributed by atoms with Gasteiger partial charge in [-0.25, -0.2) is 4.98 Å². The number of phenolic OH excluding ortho intramolecular Hbond substituents is 1. The SMILES string of the molecule is Cn1c(CN2CCC(CCCc3ccccc3O)CC2)nc2ccccc21. The van der Waals surface area contributed by atoms with Crippen molar-refractivity contribution in [1.82, 2.24) is 14.5 Å². The van der Waals surface area contributed by atoms with Gasteiger partial charge in [0.2, 0.25) is 0 Å². The highest BCUT2D eigenvalue weighted by Gasteiger charge is 2.20. The Bertz CT molecular complexity index is 894. The van der Waals surface area contributed by atoms with Gasteiger partial charge in [0.1, 0.15) is 11.6 Å². The number of piperidine rings is 1. The molecule has 0 aliphatic carbocycles. The highest BCUT2D eigenvalue weighted by atomic mass is 16.3. The molecule has 0 amide bonds. The molecule has 1 aliphatic heterocycles. The van der Waals surface area contributed by atoms with Crippen molar-refractivity contribution in [3.8, 4) is 5.75 Å². The number of para-hydroxylation sites is 3. The summed E-state index contributed by atoms with van der Waals surface area (Å²) in [5.41, 5.74) is 3.39. The molecule has 0 saturated carbocycles. The first kappa shape index (κ1) is 18.1. The molecule has 2 heterocycles. The maximum Gasteiger partial charge on any atom is 0.123 e. The number of imidazole rings is 1. The lowest BCUT2D eigenvalue weighted by molar-refractivity contribution is 0.166. The minimum Gasteiger partial charge on any atom is -0.508 e. The van der Waals surface area contributed by atoms with Crippen molar-refractivity contribution >= 4 is 11.0 Å². The van der Waals surface area contributed by atoms with Gasteiger partial charge in [0, 0.05) is 7.05 Å².